The van der Waals surface area contributed by atoms with Crippen molar-refractivity contribution in [3.8, 4) is 0 Å². The van der Waals surface area contributed by atoms with Gasteiger partial charge in [-0.2, -0.15) is 0 Å². The average Bonchev–Trinajstić information content (AvgIpc) is 3.03. The zero-order chi connectivity index (χ0) is 24.4. The molecular weight excluding hydrogens is 437 g/mol. The van der Waals surface area contributed by atoms with Crippen LogP contribution in [0.25, 0.3) is 11.2 Å². The fraction of sp³-hybridized carbons (Fsp3) is 0.458. The minimum absolute atomic E-state index is 0.249. The van der Waals surface area contributed by atoms with Crippen molar-refractivity contribution in [1.29, 1.82) is 0 Å². The standard InChI is InChI=1S/C24H34FN5O2Si/c1-16-8-9-19(18(25)12-16)27-20-13-26-22-21(28-20)17(23(31)29-24(2,3)4)14-30(22)15-32-10-11-33(5,6)7/h8-9,12-14H,10-11,15H2,1-7H3,(H,27,28)(H,29,31). The van der Waals surface area contributed by atoms with E-state index >= 15 is 0 Å². The molecule has 0 bridgehead atoms. The van der Waals surface area contributed by atoms with E-state index in [1.54, 1.807) is 16.8 Å². The molecule has 33 heavy (non-hydrogen) atoms. The molecule has 0 saturated carbocycles. The van der Waals surface area contributed by atoms with E-state index < -0.39 is 13.6 Å². The number of aromatic nitrogens is 3. The lowest BCUT2D eigenvalue weighted by atomic mass is 10.1. The summed E-state index contributed by atoms with van der Waals surface area (Å²) in [5.74, 6) is -0.273. The summed E-state index contributed by atoms with van der Waals surface area (Å²) in [5, 5.41) is 5.94. The molecule has 1 amide bonds. The Kier molecular flexibility index (Phi) is 7.23. The Morgan fingerprint density at radius 3 is 2.61 bits per heavy atom. The van der Waals surface area contributed by atoms with E-state index in [0.29, 0.717) is 34.8 Å². The number of halogens is 1. The lowest BCUT2D eigenvalue weighted by Crippen LogP contribution is -2.40. The Morgan fingerprint density at radius 2 is 1.97 bits per heavy atom. The Morgan fingerprint density at radius 1 is 1.24 bits per heavy atom. The normalized spacial score (nSPS) is 12.2. The summed E-state index contributed by atoms with van der Waals surface area (Å²) >= 11 is 0. The first-order valence-corrected chi connectivity index (χ1v) is 14.8. The zero-order valence-corrected chi connectivity index (χ0v) is 21.5. The first-order chi connectivity index (χ1) is 15.3. The number of amides is 1. The van der Waals surface area contributed by atoms with Crippen molar-refractivity contribution >= 4 is 36.7 Å². The second-order valence-electron chi connectivity index (χ2n) is 10.6. The summed E-state index contributed by atoms with van der Waals surface area (Å²) < 4.78 is 22.0. The molecule has 0 saturated heterocycles. The molecule has 2 aromatic heterocycles. The molecule has 0 fully saturated rings. The summed E-state index contributed by atoms with van der Waals surface area (Å²) in [7, 11) is -1.21. The van der Waals surface area contributed by atoms with Gasteiger partial charge in [0.15, 0.2) is 5.65 Å². The van der Waals surface area contributed by atoms with Gasteiger partial charge in [-0.1, -0.05) is 25.7 Å². The van der Waals surface area contributed by atoms with Crippen LogP contribution in [0.4, 0.5) is 15.9 Å². The van der Waals surface area contributed by atoms with Crippen LogP contribution in [-0.2, 0) is 11.5 Å². The number of nitrogens with zero attached hydrogens (tertiary/aromatic N) is 3. The first-order valence-electron chi connectivity index (χ1n) is 11.1. The predicted molar refractivity (Wildman–Crippen MR) is 133 cm³/mol. The van der Waals surface area contributed by atoms with E-state index in [0.717, 1.165) is 11.6 Å². The third kappa shape index (κ3) is 6.85. The van der Waals surface area contributed by atoms with Gasteiger partial charge in [0.05, 0.1) is 17.4 Å². The quantitative estimate of drug-likeness (QED) is 0.337. The van der Waals surface area contributed by atoms with Crippen LogP contribution in [0.2, 0.25) is 25.7 Å². The number of ether oxygens (including phenoxy) is 1. The van der Waals surface area contributed by atoms with Gasteiger partial charge in [-0.25, -0.2) is 14.4 Å². The number of nitrogens with one attached hydrogen (secondary N) is 2. The maximum absolute atomic E-state index is 14.3. The largest absolute Gasteiger partial charge is 0.361 e. The number of hydrogen-bond acceptors (Lipinski definition) is 5. The zero-order valence-electron chi connectivity index (χ0n) is 20.5. The van der Waals surface area contributed by atoms with Gasteiger partial charge in [0.2, 0.25) is 0 Å². The Bertz CT molecular complexity index is 1150. The van der Waals surface area contributed by atoms with Gasteiger partial charge in [-0.15, -0.1) is 0 Å². The Hall–Kier alpha value is -2.78. The highest BCUT2D eigenvalue weighted by Gasteiger charge is 2.22. The number of hydrogen-bond donors (Lipinski definition) is 2. The number of benzene rings is 1. The van der Waals surface area contributed by atoms with E-state index in [-0.39, 0.29) is 18.5 Å². The minimum atomic E-state index is -1.21. The SMILES string of the molecule is Cc1ccc(Nc2cnc3c(n2)c(C(=O)NC(C)(C)C)cn3COCC[Si](C)(C)C)c(F)c1. The van der Waals surface area contributed by atoms with Gasteiger partial charge in [0.1, 0.15) is 23.9 Å². The van der Waals surface area contributed by atoms with Crippen LogP contribution in [0.5, 0.6) is 0 Å². The molecule has 2 heterocycles. The summed E-state index contributed by atoms with van der Waals surface area (Å²) in [6.45, 7) is 15.4. The van der Waals surface area contributed by atoms with Crippen molar-refractivity contribution in [1.82, 2.24) is 19.9 Å². The topological polar surface area (TPSA) is 81.1 Å². The summed E-state index contributed by atoms with van der Waals surface area (Å²) in [6, 6.07) is 5.96. The molecule has 2 N–H and O–H groups in total. The molecule has 0 aliphatic carbocycles. The number of rotatable bonds is 8. The smallest absolute Gasteiger partial charge is 0.255 e. The van der Waals surface area contributed by atoms with E-state index in [1.807, 2.05) is 33.8 Å². The summed E-state index contributed by atoms with van der Waals surface area (Å²) in [5.41, 5.74) is 2.08. The van der Waals surface area contributed by atoms with Gasteiger partial charge in [-0.3, -0.25) is 4.79 Å². The molecule has 0 spiro atoms. The Balaban J connectivity index is 1.93. The van der Waals surface area contributed by atoms with Crippen LogP contribution in [0.3, 0.4) is 0 Å². The van der Waals surface area contributed by atoms with E-state index in [1.165, 1.54) is 12.3 Å². The number of fused-ring (bicyclic) bond motifs is 1. The van der Waals surface area contributed by atoms with E-state index in [4.69, 9.17) is 4.74 Å². The van der Waals surface area contributed by atoms with Crippen molar-refractivity contribution in [2.24, 2.45) is 0 Å². The molecule has 0 aliphatic rings. The highest BCUT2D eigenvalue weighted by molar-refractivity contribution is 6.76. The van der Waals surface area contributed by atoms with Crippen molar-refractivity contribution in [2.45, 2.75) is 65.6 Å². The second-order valence-corrected chi connectivity index (χ2v) is 16.2. The van der Waals surface area contributed by atoms with Crippen LogP contribution in [0.1, 0.15) is 36.7 Å². The third-order valence-corrected chi connectivity index (χ3v) is 6.62. The van der Waals surface area contributed by atoms with Gasteiger partial charge >= 0.3 is 0 Å². The maximum atomic E-state index is 14.3. The van der Waals surface area contributed by atoms with Gasteiger partial charge in [-0.05, 0) is 51.4 Å². The monoisotopic (exact) mass is 471 g/mol. The molecule has 0 radical (unpaired) electrons. The number of aryl methyl sites for hydroxylation is 1. The highest BCUT2D eigenvalue weighted by atomic mass is 28.3. The second kappa shape index (κ2) is 9.60. The highest BCUT2D eigenvalue weighted by Crippen LogP contribution is 2.24. The molecule has 3 aromatic rings. The van der Waals surface area contributed by atoms with Crippen molar-refractivity contribution < 1.29 is 13.9 Å². The number of carbonyl (C=O) groups excluding carboxylic acids is 1. The van der Waals surface area contributed by atoms with Crippen molar-refractivity contribution in [3.63, 3.8) is 0 Å². The van der Waals surface area contributed by atoms with Crippen molar-refractivity contribution in [2.75, 3.05) is 11.9 Å². The van der Waals surface area contributed by atoms with Crippen LogP contribution in [0.15, 0.2) is 30.6 Å². The van der Waals surface area contributed by atoms with Crippen molar-refractivity contribution in [3.05, 3.63) is 47.5 Å². The molecule has 0 aliphatic heterocycles. The van der Waals surface area contributed by atoms with Crippen LogP contribution < -0.4 is 10.6 Å². The van der Waals surface area contributed by atoms with Gasteiger partial charge < -0.3 is 19.9 Å². The first kappa shape index (κ1) is 24.9. The van der Waals surface area contributed by atoms with E-state index in [2.05, 4.69) is 40.2 Å². The van der Waals surface area contributed by atoms with Crippen LogP contribution in [-0.4, -0.2) is 40.7 Å². The summed E-state index contributed by atoms with van der Waals surface area (Å²) in [6.07, 6.45) is 3.25. The van der Waals surface area contributed by atoms with Crippen LogP contribution >= 0.6 is 0 Å². The number of anilines is 2. The lowest BCUT2D eigenvalue weighted by molar-refractivity contribution is 0.0886. The third-order valence-electron chi connectivity index (χ3n) is 4.91. The number of carbonyl (C=O) groups is 1. The fourth-order valence-electron chi connectivity index (χ4n) is 3.19. The molecule has 9 heteroatoms. The molecule has 3 rings (SSSR count). The van der Waals surface area contributed by atoms with E-state index in [9.17, 15) is 9.18 Å². The molecule has 1 aromatic carbocycles. The predicted octanol–water partition coefficient (Wildman–Crippen LogP) is 5.46. The maximum Gasteiger partial charge on any atom is 0.255 e. The summed E-state index contributed by atoms with van der Waals surface area (Å²) in [4.78, 5) is 22.1. The Labute approximate surface area is 195 Å². The average molecular weight is 472 g/mol. The lowest BCUT2D eigenvalue weighted by Gasteiger charge is -2.20. The van der Waals surface area contributed by atoms with Gasteiger partial charge in [0, 0.05) is 26.4 Å². The van der Waals surface area contributed by atoms with Crippen LogP contribution in [0, 0.1) is 12.7 Å². The fourth-order valence-corrected chi connectivity index (χ4v) is 3.94. The molecule has 7 nitrogen and oxygen atoms in total. The van der Waals surface area contributed by atoms with Gasteiger partial charge in [0.25, 0.3) is 5.91 Å². The molecule has 0 unspecified atom stereocenters. The molecular formula is C24H34FN5O2Si. The minimum Gasteiger partial charge on any atom is -0.361 e. The molecule has 178 valence electrons. The molecule has 0 atom stereocenters.